The van der Waals surface area contributed by atoms with E-state index in [0.717, 1.165) is 5.19 Å². The monoisotopic (exact) mass is 253 g/mol. The molecule has 0 saturated carbocycles. The van der Waals surface area contributed by atoms with E-state index in [0.29, 0.717) is 5.69 Å². The molecule has 0 aliphatic heterocycles. The van der Waals surface area contributed by atoms with Crippen molar-refractivity contribution in [1.29, 1.82) is 0 Å². The molecule has 96 valence electrons. The summed E-state index contributed by atoms with van der Waals surface area (Å²) in [6.07, 6.45) is 0. The summed E-state index contributed by atoms with van der Waals surface area (Å²) in [5.74, 6) is 0. The van der Waals surface area contributed by atoms with E-state index in [1.165, 1.54) is 0 Å². The molecule has 2 N–H and O–H groups in total. The summed E-state index contributed by atoms with van der Waals surface area (Å²) in [7, 11) is -3.11. The van der Waals surface area contributed by atoms with Crippen molar-refractivity contribution in [3.05, 3.63) is 24.3 Å². The smallest absolute Gasteiger partial charge is 0.288 e. The van der Waals surface area contributed by atoms with Crippen LogP contribution in [0.25, 0.3) is 0 Å². The molecule has 3 heteroatoms. The molecule has 1 nitrogen and oxygen atoms in total. The lowest BCUT2D eigenvalue weighted by molar-refractivity contribution is 0.535. The van der Waals surface area contributed by atoms with E-state index < -0.39 is 8.41 Å². The molecule has 0 aliphatic carbocycles. The Balaban J connectivity index is 3.41. The van der Waals surface area contributed by atoms with E-state index >= 15 is 4.11 Å². The first-order chi connectivity index (χ1) is 7.50. The normalized spacial score (nSPS) is 13.8. The van der Waals surface area contributed by atoms with Crippen LogP contribution < -0.4 is 10.9 Å². The van der Waals surface area contributed by atoms with Gasteiger partial charge in [0.1, 0.15) is 0 Å². The van der Waals surface area contributed by atoms with E-state index in [1.54, 1.807) is 12.1 Å². The Labute approximate surface area is 105 Å². The highest BCUT2D eigenvalue weighted by Gasteiger charge is 2.56. The number of halogens is 1. The molecule has 0 heterocycles. The fourth-order valence-corrected chi connectivity index (χ4v) is 7.31. The topological polar surface area (TPSA) is 26.0 Å². The molecule has 0 spiro atoms. The van der Waals surface area contributed by atoms with Gasteiger partial charge in [0.05, 0.1) is 0 Å². The lowest BCUT2D eigenvalue weighted by Crippen LogP contribution is -2.57. The lowest BCUT2D eigenvalue weighted by Gasteiger charge is -2.44. The molecule has 0 unspecified atom stereocenters. The van der Waals surface area contributed by atoms with Crippen molar-refractivity contribution in [2.45, 2.75) is 51.6 Å². The molecule has 17 heavy (non-hydrogen) atoms. The Morgan fingerprint density at radius 1 is 0.882 bits per heavy atom. The molecular formula is C14H24FNSi. The number of nitrogen functional groups attached to an aromatic ring is 1. The van der Waals surface area contributed by atoms with Crippen LogP contribution in [-0.4, -0.2) is 8.41 Å². The maximum atomic E-state index is 15.8. The molecule has 1 aromatic rings. The van der Waals surface area contributed by atoms with E-state index in [1.807, 2.05) is 53.7 Å². The van der Waals surface area contributed by atoms with Gasteiger partial charge in [0.2, 0.25) is 0 Å². The van der Waals surface area contributed by atoms with Crippen LogP contribution in [0, 0.1) is 0 Å². The molecule has 0 amide bonds. The van der Waals surface area contributed by atoms with Crippen molar-refractivity contribution in [3.8, 4) is 0 Å². The molecule has 0 saturated heterocycles. The average molecular weight is 253 g/mol. The summed E-state index contributed by atoms with van der Waals surface area (Å²) in [4.78, 5) is 0. The fourth-order valence-electron chi connectivity index (χ4n) is 2.70. The van der Waals surface area contributed by atoms with Crippen LogP contribution in [0.5, 0.6) is 0 Å². The van der Waals surface area contributed by atoms with Gasteiger partial charge in [-0.25, -0.2) is 0 Å². The van der Waals surface area contributed by atoms with Gasteiger partial charge in [-0.05, 0) is 27.4 Å². The maximum absolute atomic E-state index is 15.8. The van der Waals surface area contributed by atoms with Gasteiger partial charge in [-0.1, -0.05) is 53.7 Å². The van der Waals surface area contributed by atoms with Gasteiger partial charge in [-0.3, -0.25) is 0 Å². The van der Waals surface area contributed by atoms with Gasteiger partial charge in [0.15, 0.2) is 0 Å². The van der Waals surface area contributed by atoms with E-state index in [-0.39, 0.29) is 10.1 Å². The van der Waals surface area contributed by atoms with Crippen LogP contribution in [0.2, 0.25) is 10.1 Å². The Bertz CT molecular complexity index is 370. The fraction of sp³-hybridized carbons (Fsp3) is 0.571. The van der Waals surface area contributed by atoms with Gasteiger partial charge < -0.3 is 9.84 Å². The van der Waals surface area contributed by atoms with E-state index in [9.17, 15) is 0 Å². The Morgan fingerprint density at radius 3 is 1.53 bits per heavy atom. The van der Waals surface area contributed by atoms with Crippen LogP contribution in [0.1, 0.15) is 41.5 Å². The summed E-state index contributed by atoms with van der Waals surface area (Å²) in [5, 5.41) is 0.176. The first kappa shape index (κ1) is 14.2. The van der Waals surface area contributed by atoms with Crippen LogP contribution in [-0.2, 0) is 0 Å². The summed E-state index contributed by atoms with van der Waals surface area (Å²) in [5.41, 5.74) is 6.37. The van der Waals surface area contributed by atoms with Crippen molar-refractivity contribution in [3.63, 3.8) is 0 Å². The lowest BCUT2D eigenvalue weighted by atomic mass is 10.2. The predicted molar refractivity (Wildman–Crippen MR) is 76.8 cm³/mol. The minimum Gasteiger partial charge on any atom is -0.399 e. The second-order valence-corrected chi connectivity index (χ2v) is 11.7. The van der Waals surface area contributed by atoms with Crippen LogP contribution >= 0.6 is 0 Å². The van der Waals surface area contributed by atoms with Crippen LogP contribution in [0.3, 0.4) is 0 Å². The SMILES string of the molecule is CC(C)(C)[Si](F)(c1ccc(N)cc1)C(C)(C)C. The van der Waals surface area contributed by atoms with E-state index in [4.69, 9.17) is 5.73 Å². The molecule has 1 aromatic carbocycles. The third-order valence-electron chi connectivity index (χ3n) is 3.38. The summed E-state index contributed by atoms with van der Waals surface area (Å²) in [6.45, 7) is 12.0. The summed E-state index contributed by atoms with van der Waals surface area (Å²) < 4.78 is 15.8. The highest BCUT2D eigenvalue weighted by Crippen LogP contribution is 2.51. The predicted octanol–water partition coefficient (Wildman–Crippen LogP) is 3.99. The zero-order valence-corrected chi connectivity index (χ0v) is 12.8. The highest BCUT2D eigenvalue weighted by molar-refractivity contribution is 6.90. The molecule has 0 fully saturated rings. The zero-order valence-electron chi connectivity index (χ0n) is 11.8. The number of hydrogen-bond donors (Lipinski definition) is 1. The van der Waals surface area contributed by atoms with Gasteiger partial charge in [-0.2, -0.15) is 0 Å². The molecule has 0 aliphatic rings. The number of hydrogen-bond acceptors (Lipinski definition) is 1. The Morgan fingerprint density at radius 2 is 1.24 bits per heavy atom. The average Bonchev–Trinajstić information content (AvgIpc) is 2.14. The molecule has 0 atom stereocenters. The van der Waals surface area contributed by atoms with Gasteiger partial charge in [-0.15, -0.1) is 0 Å². The van der Waals surface area contributed by atoms with Crippen molar-refractivity contribution in [2.24, 2.45) is 0 Å². The van der Waals surface area contributed by atoms with Gasteiger partial charge in [0, 0.05) is 5.69 Å². The van der Waals surface area contributed by atoms with Gasteiger partial charge >= 0.3 is 0 Å². The minimum atomic E-state index is -3.11. The molecule has 0 radical (unpaired) electrons. The van der Waals surface area contributed by atoms with Crippen molar-refractivity contribution in [1.82, 2.24) is 0 Å². The molecule has 1 rings (SSSR count). The van der Waals surface area contributed by atoms with Crippen molar-refractivity contribution < 1.29 is 4.11 Å². The highest BCUT2D eigenvalue weighted by atomic mass is 28.4. The number of rotatable bonds is 1. The first-order valence-corrected chi connectivity index (χ1v) is 7.93. The molecule has 0 bridgehead atoms. The summed E-state index contributed by atoms with van der Waals surface area (Å²) in [6, 6.07) is 7.32. The standard InChI is InChI=1S/C14H24FNSi/c1-13(2,3)17(15,14(4,5)6)12-9-7-11(16)8-10-12/h7-10H,16H2,1-6H3. The minimum absolute atomic E-state index is 0.332. The first-order valence-electron chi connectivity index (χ1n) is 6.05. The molecular weight excluding hydrogens is 229 g/mol. The Kier molecular flexibility index (Phi) is 3.45. The van der Waals surface area contributed by atoms with Crippen LogP contribution in [0.15, 0.2) is 24.3 Å². The number of benzene rings is 1. The van der Waals surface area contributed by atoms with Crippen LogP contribution in [0.4, 0.5) is 9.80 Å². The van der Waals surface area contributed by atoms with Crippen molar-refractivity contribution in [2.75, 3.05) is 5.73 Å². The third kappa shape index (κ3) is 2.39. The second-order valence-electron chi connectivity index (χ2n) is 6.78. The Hall–Kier alpha value is -0.833. The second kappa shape index (κ2) is 4.12. The largest absolute Gasteiger partial charge is 0.399 e. The number of nitrogens with two attached hydrogens (primary N) is 1. The molecule has 0 aromatic heterocycles. The zero-order chi connectivity index (χ0) is 13.5. The van der Waals surface area contributed by atoms with Gasteiger partial charge in [0.25, 0.3) is 8.41 Å². The van der Waals surface area contributed by atoms with Crippen molar-refractivity contribution >= 4 is 19.3 Å². The maximum Gasteiger partial charge on any atom is 0.288 e. The third-order valence-corrected chi connectivity index (χ3v) is 8.64. The van der Waals surface area contributed by atoms with E-state index in [2.05, 4.69) is 0 Å². The quantitative estimate of drug-likeness (QED) is 0.457. The summed E-state index contributed by atoms with van der Waals surface area (Å²) >= 11 is 0. The number of anilines is 1.